The van der Waals surface area contributed by atoms with Gasteiger partial charge in [-0.2, -0.15) is 0 Å². The fourth-order valence-electron chi connectivity index (χ4n) is 2.96. The molecule has 2 rings (SSSR count). The third-order valence-corrected chi connectivity index (χ3v) is 4.08. The monoisotopic (exact) mass is 262 g/mol. The van der Waals surface area contributed by atoms with Crippen LogP contribution < -0.4 is 0 Å². The van der Waals surface area contributed by atoms with Gasteiger partial charge in [-0.15, -0.1) is 0 Å². The zero-order valence-electron chi connectivity index (χ0n) is 11.7. The SMILES string of the molecule is CCOC(=O)C1CCC(O)(c2ccccc2C)CC1. The van der Waals surface area contributed by atoms with E-state index in [2.05, 4.69) is 0 Å². The average molecular weight is 262 g/mol. The van der Waals surface area contributed by atoms with Gasteiger partial charge in [-0.1, -0.05) is 24.3 Å². The molecular weight excluding hydrogens is 240 g/mol. The van der Waals surface area contributed by atoms with Gasteiger partial charge in [0.1, 0.15) is 0 Å². The molecule has 1 aromatic carbocycles. The van der Waals surface area contributed by atoms with Crippen molar-refractivity contribution in [2.24, 2.45) is 5.92 Å². The number of esters is 1. The lowest BCUT2D eigenvalue weighted by Crippen LogP contribution is -2.35. The van der Waals surface area contributed by atoms with Crippen LogP contribution in [0.3, 0.4) is 0 Å². The van der Waals surface area contributed by atoms with Crippen molar-refractivity contribution in [2.45, 2.75) is 45.1 Å². The Labute approximate surface area is 114 Å². The normalized spacial score (nSPS) is 27.0. The number of carbonyl (C=O) groups excluding carboxylic acids is 1. The minimum atomic E-state index is -0.783. The molecule has 1 N–H and O–H groups in total. The standard InChI is InChI=1S/C16H22O3/c1-3-19-15(17)13-8-10-16(18,11-9-13)14-7-5-4-6-12(14)2/h4-7,13,18H,3,8-11H2,1-2H3. The van der Waals surface area contributed by atoms with Crippen molar-refractivity contribution in [2.75, 3.05) is 6.61 Å². The predicted molar refractivity (Wildman–Crippen MR) is 73.7 cm³/mol. The first-order valence-corrected chi connectivity index (χ1v) is 7.02. The Kier molecular flexibility index (Phi) is 4.25. The second kappa shape index (κ2) is 5.74. The highest BCUT2D eigenvalue weighted by molar-refractivity contribution is 5.72. The molecule has 19 heavy (non-hydrogen) atoms. The average Bonchev–Trinajstić information content (AvgIpc) is 2.40. The van der Waals surface area contributed by atoms with Crippen molar-refractivity contribution >= 4 is 5.97 Å². The summed E-state index contributed by atoms with van der Waals surface area (Å²) in [7, 11) is 0. The van der Waals surface area contributed by atoms with Crippen molar-refractivity contribution < 1.29 is 14.6 Å². The molecule has 0 bridgehead atoms. The van der Waals surface area contributed by atoms with Crippen molar-refractivity contribution in [3.05, 3.63) is 35.4 Å². The molecule has 3 heteroatoms. The first kappa shape index (κ1) is 14.1. The van der Waals surface area contributed by atoms with Crippen LogP contribution in [0.2, 0.25) is 0 Å². The number of hydrogen-bond donors (Lipinski definition) is 1. The Balaban J connectivity index is 2.06. The summed E-state index contributed by atoms with van der Waals surface area (Å²) in [5, 5.41) is 10.8. The van der Waals surface area contributed by atoms with Crippen LogP contribution in [0.1, 0.15) is 43.7 Å². The number of hydrogen-bond acceptors (Lipinski definition) is 3. The third kappa shape index (κ3) is 2.98. The number of carbonyl (C=O) groups is 1. The van der Waals surface area contributed by atoms with Crippen molar-refractivity contribution in [3.8, 4) is 0 Å². The first-order valence-electron chi connectivity index (χ1n) is 7.02. The molecule has 0 unspecified atom stereocenters. The van der Waals surface area contributed by atoms with E-state index in [9.17, 15) is 9.90 Å². The summed E-state index contributed by atoms with van der Waals surface area (Å²) in [4.78, 5) is 11.7. The van der Waals surface area contributed by atoms with Crippen molar-refractivity contribution in [3.63, 3.8) is 0 Å². The smallest absolute Gasteiger partial charge is 0.308 e. The van der Waals surface area contributed by atoms with Crippen LogP contribution in [0.25, 0.3) is 0 Å². The molecule has 0 saturated heterocycles. The second-order valence-electron chi connectivity index (χ2n) is 5.37. The summed E-state index contributed by atoms with van der Waals surface area (Å²) < 4.78 is 5.06. The molecule has 1 saturated carbocycles. The van der Waals surface area contributed by atoms with E-state index in [-0.39, 0.29) is 11.9 Å². The lowest BCUT2D eigenvalue weighted by Gasteiger charge is -2.36. The Morgan fingerprint density at radius 3 is 2.58 bits per heavy atom. The van der Waals surface area contributed by atoms with Crippen LogP contribution in [0, 0.1) is 12.8 Å². The van der Waals surface area contributed by atoms with Crippen molar-refractivity contribution in [1.29, 1.82) is 0 Å². The minimum Gasteiger partial charge on any atom is -0.466 e. The van der Waals surface area contributed by atoms with Crippen LogP contribution in [0.4, 0.5) is 0 Å². The highest BCUT2D eigenvalue weighted by Crippen LogP contribution is 2.40. The topological polar surface area (TPSA) is 46.5 Å². The molecule has 1 aliphatic rings. The van der Waals surface area contributed by atoms with Gasteiger partial charge in [-0.3, -0.25) is 4.79 Å². The molecule has 0 atom stereocenters. The highest BCUT2D eigenvalue weighted by atomic mass is 16.5. The molecular formula is C16H22O3. The van der Waals surface area contributed by atoms with Crippen LogP contribution >= 0.6 is 0 Å². The lowest BCUT2D eigenvalue weighted by atomic mass is 9.74. The molecule has 1 fully saturated rings. The molecule has 104 valence electrons. The van der Waals surface area contributed by atoms with Gasteiger partial charge >= 0.3 is 5.97 Å². The predicted octanol–water partition coefficient (Wildman–Crippen LogP) is 2.94. The maximum Gasteiger partial charge on any atom is 0.308 e. The van der Waals surface area contributed by atoms with Crippen molar-refractivity contribution in [1.82, 2.24) is 0 Å². The van der Waals surface area contributed by atoms with Crippen LogP contribution in [-0.4, -0.2) is 17.7 Å². The number of aliphatic hydroxyl groups is 1. The third-order valence-electron chi connectivity index (χ3n) is 4.08. The second-order valence-corrected chi connectivity index (χ2v) is 5.37. The van der Waals surface area contributed by atoms with Crippen LogP contribution in [0.15, 0.2) is 24.3 Å². The van der Waals surface area contributed by atoms with E-state index in [0.29, 0.717) is 32.3 Å². The molecule has 0 radical (unpaired) electrons. The summed E-state index contributed by atoms with van der Waals surface area (Å²) in [6.45, 7) is 4.27. The van der Waals surface area contributed by atoms with Gasteiger partial charge in [-0.05, 0) is 50.7 Å². The first-order chi connectivity index (χ1) is 9.07. The van der Waals surface area contributed by atoms with E-state index >= 15 is 0 Å². The highest BCUT2D eigenvalue weighted by Gasteiger charge is 2.38. The minimum absolute atomic E-state index is 0.0516. The summed E-state index contributed by atoms with van der Waals surface area (Å²) in [6, 6.07) is 7.94. The molecule has 1 aliphatic carbocycles. The summed E-state index contributed by atoms with van der Waals surface area (Å²) >= 11 is 0. The number of rotatable bonds is 3. The van der Waals surface area contributed by atoms with E-state index in [4.69, 9.17) is 4.74 Å². The summed E-state index contributed by atoms with van der Waals surface area (Å²) in [5.74, 6) is -0.168. The summed E-state index contributed by atoms with van der Waals surface area (Å²) in [5.41, 5.74) is 1.32. The maximum absolute atomic E-state index is 11.7. The van der Waals surface area contributed by atoms with E-state index in [1.807, 2.05) is 38.1 Å². The largest absolute Gasteiger partial charge is 0.466 e. The van der Waals surface area contributed by atoms with Gasteiger partial charge in [-0.25, -0.2) is 0 Å². The Morgan fingerprint density at radius 1 is 1.37 bits per heavy atom. The molecule has 0 aliphatic heterocycles. The van der Waals surface area contributed by atoms with E-state index in [0.717, 1.165) is 11.1 Å². The summed E-state index contributed by atoms with van der Waals surface area (Å²) in [6.07, 6.45) is 2.65. The number of ether oxygens (including phenoxy) is 1. The quantitative estimate of drug-likeness (QED) is 0.852. The molecule has 1 aromatic rings. The molecule has 0 heterocycles. The fraction of sp³-hybridized carbons (Fsp3) is 0.562. The molecule has 0 aromatic heterocycles. The van der Waals surface area contributed by atoms with E-state index in [1.165, 1.54) is 0 Å². The Morgan fingerprint density at radius 2 is 2.00 bits per heavy atom. The maximum atomic E-state index is 11.7. The fourth-order valence-corrected chi connectivity index (χ4v) is 2.96. The van der Waals surface area contributed by atoms with E-state index < -0.39 is 5.60 Å². The van der Waals surface area contributed by atoms with Crippen LogP contribution in [-0.2, 0) is 15.1 Å². The molecule has 0 spiro atoms. The zero-order valence-corrected chi connectivity index (χ0v) is 11.7. The lowest BCUT2D eigenvalue weighted by molar-refractivity contribution is -0.151. The Hall–Kier alpha value is -1.35. The Bertz CT molecular complexity index is 445. The molecule has 3 nitrogen and oxygen atoms in total. The van der Waals surface area contributed by atoms with Gasteiger partial charge in [0.2, 0.25) is 0 Å². The van der Waals surface area contributed by atoms with Gasteiger partial charge in [0, 0.05) is 0 Å². The van der Waals surface area contributed by atoms with Gasteiger partial charge in [0.05, 0.1) is 18.1 Å². The van der Waals surface area contributed by atoms with Gasteiger partial charge < -0.3 is 9.84 Å². The van der Waals surface area contributed by atoms with Crippen LogP contribution in [0.5, 0.6) is 0 Å². The van der Waals surface area contributed by atoms with E-state index in [1.54, 1.807) is 0 Å². The number of aryl methyl sites for hydroxylation is 1. The number of benzene rings is 1. The zero-order chi connectivity index (χ0) is 13.9. The van der Waals surface area contributed by atoms with Gasteiger partial charge in [0.15, 0.2) is 0 Å². The van der Waals surface area contributed by atoms with Gasteiger partial charge in [0.25, 0.3) is 0 Å². The molecule has 0 amide bonds.